The predicted molar refractivity (Wildman–Crippen MR) is 124 cm³/mol. The van der Waals surface area contributed by atoms with Crippen molar-refractivity contribution in [2.24, 2.45) is 0 Å². The smallest absolute Gasteiger partial charge is 0.214 e. The number of anilines is 3. The Morgan fingerprint density at radius 2 is 1.82 bits per heavy atom. The van der Waals surface area contributed by atoms with Crippen molar-refractivity contribution in [2.45, 2.75) is 24.5 Å². The molecule has 2 aromatic heterocycles. The summed E-state index contributed by atoms with van der Waals surface area (Å²) in [7, 11) is 1.78. The van der Waals surface area contributed by atoms with E-state index in [2.05, 4.69) is 15.0 Å². The monoisotopic (exact) mass is 464 g/mol. The lowest BCUT2D eigenvalue weighted by Crippen LogP contribution is -2.33. The largest absolute Gasteiger partial charge is 0.508 e. The predicted octanol–water partition coefficient (Wildman–Crippen LogP) is 1.16. The highest BCUT2D eigenvalue weighted by atomic mass is 16.6. The lowest BCUT2D eigenvalue weighted by molar-refractivity contribution is -0.0503. The molecule has 1 saturated heterocycles. The van der Waals surface area contributed by atoms with E-state index in [0.29, 0.717) is 17.1 Å². The van der Waals surface area contributed by atoms with Crippen molar-refractivity contribution < 1.29 is 25.2 Å². The highest BCUT2D eigenvalue weighted by Crippen LogP contribution is 2.38. The molecule has 4 aromatic rings. The fraction of sp³-hybridized carbons (Fsp3) is 0.261. The molecular formula is C23H24N6O5. The molecule has 0 bridgehead atoms. The van der Waals surface area contributed by atoms with Crippen LogP contribution < -0.4 is 10.6 Å². The number of aliphatic hydroxyl groups excluding tert-OH is 3. The molecule has 1 aliphatic heterocycles. The van der Waals surface area contributed by atoms with Crippen molar-refractivity contribution in [1.29, 1.82) is 0 Å². The summed E-state index contributed by atoms with van der Waals surface area (Å²) < 4.78 is 7.31. The highest BCUT2D eigenvalue weighted by molar-refractivity contribution is 5.85. The number of ether oxygens (including phenoxy) is 1. The van der Waals surface area contributed by atoms with Gasteiger partial charge in [-0.25, -0.2) is 15.0 Å². The summed E-state index contributed by atoms with van der Waals surface area (Å²) in [5, 5.41) is 40.3. The molecule has 176 valence electrons. The zero-order valence-corrected chi connectivity index (χ0v) is 18.2. The molecule has 1 aliphatic rings. The Balaban J connectivity index is 1.57. The van der Waals surface area contributed by atoms with Gasteiger partial charge in [0.1, 0.15) is 30.4 Å². The Bertz CT molecular complexity index is 1330. The number of hydrogen-bond acceptors (Lipinski definition) is 10. The van der Waals surface area contributed by atoms with Crippen LogP contribution in [-0.4, -0.2) is 71.9 Å². The van der Waals surface area contributed by atoms with Gasteiger partial charge in [0.05, 0.1) is 6.61 Å². The van der Waals surface area contributed by atoms with Crippen LogP contribution in [-0.2, 0) is 4.74 Å². The summed E-state index contributed by atoms with van der Waals surface area (Å²) in [5.41, 5.74) is 9.22. The molecule has 0 spiro atoms. The van der Waals surface area contributed by atoms with Crippen LogP contribution in [0, 0.1) is 0 Å². The minimum Gasteiger partial charge on any atom is -0.508 e. The van der Waals surface area contributed by atoms with E-state index in [0.717, 1.165) is 16.8 Å². The topological polar surface area (TPSA) is 163 Å². The van der Waals surface area contributed by atoms with E-state index in [1.165, 1.54) is 6.33 Å². The Labute approximate surface area is 194 Å². The van der Waals surface area contributed by atoms with E-state index in [-0.39, 0.29) is 11.6 Å². The minimum atomic E-state index is -1.33. The van der Waals surface area contributed by atoms with Crippen molar-refractivity contribution >= 4 is 28.6 Å². The molecule has 0 amide bonds. The summed E-state index contributed by atoms with van der Waals surface area (Å²) in [4.78, 5) is 14.6. The maximum atomic E-state index is 10.7. The lowest BCUT2D eigenvalue weighted by atomic mass is 10.1. The second kappa shape index (κ2) is 8.54. The molecule has 5 rings (SSSR count). The number of nitrogen functional groups attached to an aromatic ring is 1. The number of benzene rings is 2. The average molecular weight is 464 g/mol. The number of fused-ring (bicyclic) bond motifs is 1. The standard InChI is InChI=1S/C23H24N6O5/c1-28(14-7-5-12(6-8-14)13-3-2-4-15(31)9-13)23-27-17-20(24)25-11-26-21(17)29(23)22-19(33)18(32)16(10-30)34-22/h2-9,11,16,18-19,22,30-33H,10H2,1H3,(H2,24,25,26)/t16-,18-,19-,22-/m1/s1. The number of aromatic hydroxyl groups is 1. The van der Waals surface area contributed by atoms with Crippen LogP contribution in [0.25, 0.3) is 22.3 Å². The Kier molecular flexibility index (Phi) is 5.54. The molecule has 1 fully saturated rings. The van der Waals surface area contributed by atoms with Crippen LogP contribution >= 0.6 is 0 Å². The number of phenolic OH excluding ortho intramolecular Hbond substituents is 1. The molecule has 0 radical (unpaired) electrons. The SMILES string of the molecule is CN(c1ccc(-c2cccc(O)c2)cc1)c1nc2c(N)ncnc2n1[C@@H]1O[C@H](CO)[C@@H](O)[C@H]1O. The van der Waals surface area contributed by atoms with Crippen LogP contribution in [0.1, 0.15) is 6.23 Å². The molecule has 11 nitrogen and oxygen atoms in total. The summed E-state index contributed by atoms with van der Waals surface area (Å²) in [6.45, 7) is -0.458. The first kappa shape index (κ1) is 22.0. The minimum absolute atomic E-state index is 0.157. The van der Waals surface area contributed by atoms with E-state index >= 15 is 0 Å². The van der Waals surface area contributed by atoms with Gasteiger partial charge in [-0.3, -0.25) is 4.57 Å². The number of imidazole rings is 1. The second-order valence-corrected chi connectivity index (χ2v) is 8.10. The quantitative estimate of drug-likeness (QED) is 0.290. The van der Waals surface area contributed by atoms with Gasteiger partial charge in [0.2, 0.25) is 5.95 Å². The first-order chi connectivity index (χ1) is 16.4. The molecule has 2 aromatic carbocycles. The fourth-order valence-electron chi connectivity index (χ4n) is 4.16. The van der Waals surface area contributed by atoms with Crippen LogP contribution in [0.5, 0.6) is 5.75 Å². The zero-order valence-electron chi connectivity index (χ0n) is 18.2. The van der Waals surface area contributed by atoms with E-state index in [1.54, 1.807) is 34.7 Å². The maximum absolute atomic E-state index is 10.7. The van der Waals surface area contributed by atoms with Crippen molar-refractivity contribution in [3.8, 4) is 16.9 Å². The maximum Gasteiger partial charge on any atom is 0.214 e. The number of hydrogen-bond donors (Lipinski definition) is 5. The van der Waals surface area contributed by atoms with Gasteiger partial charge in [0, 0.05) is 12.7 Å². The third-order valence-electron chi connectivity index (χ3n) is 5.99. The van der Waals surface area contributed by atoms with Gasteiger partial charge < -0.3 is 35.8 Å². The highest BCUT2D eigenvalue weighted by Gasteiger charge is 2.45. The third-order valence-corrected chi connectivity index (χ3v) is 5.99. The van der Waals surface area contributed by atoms with E-state index in [1.807, 2.05) is 30.3 Å². The normalized spacial score (nSPS) is 22.4. The summed E-state index contributed by atoms with van der Waals surface area (Å²) in [5.74, 6) is 0.691. The van der Waals surface area contributed by atoms with Crippen molar-refractivity contribution in [3.05, 3.63) is 54.9 Å². The van der Waals surface area contributed by atoms with E-state index < -0.39 is 31.1 Å². The Morgan fingerprint density at radius 1 is 1.06 bits per heavy atom. The van der Waals surface area contributed by atoms with Crippen LogP contribution in [0.4, 0.5) is 17.5 Å². The first-order valence-electron chi connectivity index (χ1n) is 10.6. The summed E-state index contributed by atoms with van der Waals surface area (Å²) >= 11 is 0. The average Bonchev–Trinajstić information content (AvgIpc) is 3.37. The van der Waals surface area contributed by atoms with Gasteiger partial charge in [-0.2, -0.15) is 0 Å². The van der Waals surface area contributed by atoms with Crippen molar-refractivity contribution in [1.82, 2.24) is 19.5 Å². The molecule has 0 saturated carbocycles. The number of phenols is 1. The number of aliphatic hydroxyl groups is 3. The fourth-order valence-corrected chi connectivity index (χ4v) is 4.16. The van der Waals surface area contributed by atoms with Crippen LogP contribution in [0.2, 0.25) is 0 Å². The molecule has 4 atom stereocenters. The zero-order chi connectivity index (χ0) is 24.0. The number of nitrogens with two attached hydrogens (primary N) is 1. The lowest BCUT2D eigenvalue weighted by Gasteiger charge is -2.24. The summed E-state index contributed by atoms with van der Waals surface area (Å²) in [6.07, 6.45) is -3.35. The third kappa shape index (κ3) is 3.60. The van der Waals surface area contributed by atoms with Crippen molar-refractivity contribution in [2.75, 3.05) is 24.3 Å². The van der Waals surface area contributed by atoms with Crippen LogP contribution in [0.3, 0.4) is 0 Å². The second-order valence-electron chi connectivity index (χ2n) is 8.10. The van der Waals surface area contributed by atoms with Crippen molar-refractivity contribution in [3.63, 3.8) is 0 Å². The molecule has 0 unspecified atom stereocenters. The van der Waals surface area contributed by atoms with Gasteiger partial charge in [0.15, 0.2) is 23.2 Å². The molecule has 0 aliphatic carbocycles. The molecule has 34 heavy (non-hydrogen) atoms. The molecule has 3 heterocycles. The summed E-state index contributed by atoms with van der Waals surface area (Å²) in [6, 6.07) is 14.6. The number of aromatic nitrogens is 4. The Morgan fingerprint density at radius 3 is 2.50 bits per heavy atom. The molecular weight excluding hydrogens is 440 g/mol. The first-order valence-corrected chi connectivity index (χ1v) is 10.6. The van der Waals surface area contributed by atoms with Gasteiger partial charge in [0.25, 0.3) is 0 Å². The van der Waals surface area contributed by atoms with Gasteiger partial charge in [-0.15, -0.1) is 0 Å². The molecule has 11 heteroatoms. The van der Waals surface area contributed by atoms with E-state index in [4.69, 9.17) is 10.5 Å². The molecule has 6 N–H and O–H groups in total. The van der Waals surface area contributed by atoms with E-state index in [9.17, 15) is 20.4 Å². The van der Waals surface area contributed by atoms with Crippen LogP contribution in [0.15, 0.2) is 54.9 Å². The van der Waals surface area contributed by atoms with Gasteiger partial charge in [-0.05, 0) is 35.4 Å². The number of nitrogens with zero attached hydrogens (tertiary/aromatic N) is 5. The Hall–Kier alpha value is -3.77. The van der Waals surface area contributed by atoms with Gasteiger partial charge >= 0.3 is 0 Å². The number of rotatable bonds is 5. The van der Waals surface area contributed by atoms with Gasteiger partial charge in [-0.1, -0.05) is 24.3 Å².